The van der Waals surface area contributed by atoms with E-state index in [9.17, 15) is 0 Å². The second-order valence-electron chi connectivity index (χ2n) is 6.07. The summed E-state index contributed by atoms with van der Waals surface area (Å²) in [5, 5.41) is 6.67. The van der Waals surface area contributed by atoms with Crippen molar-refractivity contribution in [3.8, 4) is 5.75 Å². The molecule has 6 heteroatoms. The summed E-state index contributed by atoms with van der Waals surface area (Å²) in [4.78, 5) is 4.26. The maximum atomic E-state index is 5.89. The zero-order valence-corrected chi connectivity index (χ0v) is 18.3. The molecule has 0 fully saturated rings. The normalized spacial score (nSPS) is 11.2. The van der Waals surface area contributed by atoms with Crippen LogP contribution >= 0.6 is 24.0 Å². The van der Waals surface area contributed by atoms with E-state index >= 15 is 0 Å². The minimum atomic E-state index is 0. The first-order valence-electron chi connectivity index (χ1n) is 8.90. The lowest BCUT2D eigenvalue weighted by Gasteiger charge is -2.15. The molecule has 0 aromatic heterocycles. The number of nitrogens with one attached hydrogen (secondary N) is 2. The lowest BCUT2D eigenvalue weighted by atomic mass is 10.2. The average Bonchev–Trinajstić information content (AvgIpc) is 2.59. The maximum Gasteiger partial charge on any atom is 0.191 e. The molecular weight excluding hydrogens is 429 g/mol. The predicted octanol–water partition coefficient (Wildman–Crippen LogP) is 3.82. The first kappa shape index (κ1) is 24.0. The Bertz CT molecular complexity index is 481. The third kappa shape index (κ3) is 11.3. The summed E-state index contributed by atoms with van der Waals surface area (Å²) in [6.07, 6.45) is 2.12. The zero-order chi connectivity index (χ0) is 17.6. The summed E-state index contributed by atoms with van der Waals surface area (Å²) in [6, 6.07) is 8.13. The van der Waals surface area contributed by atoms with Gasteiger partial charge in [0, 0.05) is 38.9 Å². The lowest BCUT2D eigenvalue weighted by Crippen LogP contribution is -2.37. The second-order valence-corrected chi connectivity index (χ2v) is 6.07. The van der Waals surface area contributed by atoms with Crippen LogP contribution < -0.4 is 15.4 Å². The highest BCUT2D eigenvalue weighted by Gasteiger charge is 2.05. The largest absolute Gasteiger partial charge is 0.493 e. The molecule has 0 bridgehead atoms. The Balaban J connectivity index is 0.00000576. The summed E-state index contributed by atoms with van der Waals surface area (Å²) in [5.74, 6) is 2.26. The summed E-state index contributed by atoms with van der Waals surface area (Å²) in [5.41, 5.74) is 1.14. The van der Waals surface area contributed by atoms with Gasteiger partial charge in [-0.15, -0.1) is 24.0 Å². The highest BCUT2D eigenvalue weighted by atomic mass is 127. The van der Waals surface area contributed by atoms with E-state index in [2.05, 4.69) is 35.5 Å². The van der Waals surface area contributed by atoms with Crippen LogP contribution in [0.1, 0.15) is 39.2 Å². The highest BCUT2D eigenvalue weighted by molar-refractivity contribution is 14.0. The van der Waals surface area contributed by atoms with Crippen molar-refractivity contribution in [1.82, 2.24) is 10.6 Å². The van der Waals surface area contributed by atoms with E-state index in [4.69, 9.17) is 9.47 Å². The van der Waals surface area contributed by atoms with Crippen LogP contribution in [0.25, 0.3) is 0 Å². The van der Waals surface area contributed by atoms with Crippen molar-refractivity contribution in [2.45, 2.75) is 40.2 Å². The van der Waals surface area contributed by atoms with Gasteiger partial charge in [0.2, 0.25) is 0 Å². The van der Waals surface area contributed by atoms with Gasteiger partial charge in [0.05, 0.1) is 6.61 Å². The van der Waals surface area contributed by atoms with Gasteiger partial charge in [0.15, 0.2) is 5.96 Å². The molecule has 0 spiro atoms. The number of para-hydroxylation sites is 1. The standard InChI is InChI=1S/C19H33N3O2.HI/c1-5-23-13-9-8-12-21-19(20-4)22-14-17-10-6-7-11-18(17)24-15-16(2)3;/h6-7,10-11,16H,5,8-9,12-15H2,1-4H3,(H2,20,21,22);1H. The van der Waals surface area contributed by atoms with Gasteiger partial charge in [-0.05, 0) is 31.7 Å². The summed E-state index contributed by atoms with van der Waals surface area (Å²) in [6.45, 7) is 10.2. The Morgan fingerprint density at radius 1 is 1.16 bits per heavy atom. The molecule has 0 unspecified atom stereocenters. The lowest BCUT2D eigenvalue weighted by molar-refractivity contribution is 0.143. The van der Waals surface area contributed by atoms with E-state index in [1.165, 1.54) is 0 Å². The Morgan fingerprint density at radius 3 is 2.60 bits per heavy atom. The quantitative estimate of drug-likeness (QED) is 0.227. The van der Waals surface area contributed by atoms with Crippen molar-refractivity contribution >= 4 is 29.9 Å². The number of hydrogen-bond donors (Lipinski definition) is 2. The Labute approximate surface area is 170 Å². The predicted molar refractivity (Wildman–Crippen MR) is 116 cm³/mol. The SMILES string of the molecule is CCOCCCCNC(=NC)NCc1ccccc1OCC(C)C.I. The van der Waals surface area contributed by atoms with Gasteiger partial charge in [-0.1, -0.05) is 32.0 Å². The minimum absolute atomic E-state index is 0. The molecule has 1 aromatic rings. The van der Waals surface area contributed by atoms with Gasteiger partial charge < -0.3 is 20.1 Å². The van der Waals surface area contributed by atoms with Crippen LogP contribution in [0.3, 0.4) is 0 Å². The average molecular weight is 463 g/mol. The number of halogens is 1. The molecule has 2 N–H and O–H groups in total. The number of nitrogens with zero attached hydrogens (tertiary/aromatic N) is 1. The molecule has 144 valence electrons. The molecule has 0 saturated heterocycles. The topological polar surface area (TPSA) is 54.9 Å². The number of aliphatic imine (C=N–C) groups is 1. The molecule has 0 atom stereocenters. The molecule has 0 amide bonds. The number of guanidine groups is 1. The van der Waals surface area contributed by atoms with Crippen LogP contribution in [0, 0.1) is 5.92 Å². The smallest absolute Gasteiger partial charge is 0.191 e. The van der Waals surface area contributed by atoms with E-state index in [0.717, 1.165) is 56.5 Å². The second kappa shape index (κ2) is 15.3. The first-order chi connectivity index (χ1) is 11.7. The van der Waals surface area contributed by atoms with E-state index in [1.807, 2.05) is 25.1 Å². The molecule has 0 aliphatic rings. The molecule has 25 heavy (non-hydrogen) atoms. The number of hydrogen-bond acceptors (Lipinski definition) is 3. The molecule has 0 saturated carbocycles. The van der Waals surface area contributed by atoms with Crippen molar-refractivity contribution < 1.29 is 9.47 Å². The number of benzene rings is 1. The number of ether oxygens (including phenoxy) is 2. The third-order valence-electron chi connectivity index (χ3n) is 3.43. The fourth-order valence-electron chi connectivity index (χ4n) is 2.13. The highest BCUT2D eigenvalue weighted by Crippen LogP contribution is 2.18. The molecule has 0 aliphatic heterocycles. The van der Waals surface area contributed by atoms with Gasteiger partial charge in [-0.2, -0.15) is 0 Å². The van der Waals surface area contributed by atoms with Crippen molar-refractivity contribution in [3.63, 3.8) is 0 Å². The fourth-order valence-corrected chi connectivity index (χ4v) is 2.13. The molecule has 0 aliphatic carbocycles. The van der Waals surface area contributed by atoms with Gasteiger partial charge in [0.1, 0.15) is 5.75 Å². The number of rotatable bonds is 11. The van der Waals surface area contributed by atoms with E-state index in [0.29, 0.717) is 12.5 Å². The van der Waals surface area contributed by atoms with Crippen molar-refractivity contribution in [1.29, 1.82) is 0 Å². The maximum absolute atomic E-state index is 5.89. The van der Waals surface area contributed by atoms with E-state index in [-0.39, 0.29) is 24.0 Å². The van der Waals surface area contributed by atoms with Crippen molar-refractivity contribution in [2.75, 3.05) is 33.4 Å². The van der Waals surface area contributed by atoms with Crippen LogP contribution in [0.5, 0.6) is 5.75 Å². The Morgan fingerprint density at radius 2 is 1.92 bits per heavy atom. The van der Waals surface area contributed by atoms with Crippen molar-refractivity contribution in [2.24, 2.45) is 10.9 Å². The fraction of sp³-hybridized carbons (Fsp3) is 0.632. The minimum Gasteiger partial charge on any atom is -0.493 e. The Kier molecular flexibility index (Phi) is 14.6. The van der Waals surface area contributed by atoms with Gasteiger partial charge in [-0.25, -0.2) is 0 Å². The molecular formula is C19H34IN3O2. The number of unbranched alkanes of at least 4 members (excludes halogenated alkanes) is 1. The molecule has 0 heterocycles. The van der Waals surface area contributed by atoms with E-state index < -0.39 is 0 Å². The van der Waals surface area contributed by atoms with Crippen LogP contribution in [-0.2, 0) is 11.3 Å². The van der Waals surface area contributed by atoms with Crippen LogP contribution in [-0.4, -0.2) is 39.4 Å². The van der Waals surface area contributed by atoms with Gasteiger partial charge in [0.25, 0.3) is 0 Å². The van der Waals surface area contributed by atoms with E-state index in [1.54, 1.807) is 7.05 Å². The van der Waals surface area contributed by atoms with Gasteiger partial charge >= 0.3 is 0 Å². The summed E-state index contributed by atoms with van der Waals surface area (Å²) < 4.78 is 11.2. The molecule has 1 rings (SSSR count). The van der Waals surface area contributed by atoms with Crippen LogP contribution in [0.4, 0.5) is 0 Å². The van der Waals surface area contributed by atoms with Crippen molar-refractivity contribution in [3.05, 3.63) is 29.8 Å². The molecule has 5 nitrogen and oxygen atoms in total. The summed E-state index contributed by atoms with van der Waals surface area (Å²) in [7, 11) is 1.79. The summed E-state index contributed by atoms with van der Waals surface area (Å²) >= 11 is 0. The van der Waals surface area contributed by atoms with Crippen LogP contribution in [0.15, 0.2) is 29.3 Å². The van der Waals surface area contributed by atoms with Gasteiger partial charge in [-0.3, -0.25) is 4.99 Å². The molecule has 1 aromatic carbocycles. The zero-order valence-electron chi connectivity index (χ0n) is 16.0. The first-order valence-corrected chi connectivity index (χ1v) is 8.90. The Hall–Kier alpha value is -1.02. The molecule has 0 radical (unpaired) electrons. The monoisotopic (exact) mass is 463 g/mol. The third-order valence-corrected chi connectivity index (χ3v) is 3.43. The van der Waals surface area contributed by atoms with Crippen LogP contribution in [0.2, 0.25) is 0 Å².